The number of imide groups is 1. The molecular weight excluding hydrogens is 525 g/mol. The number of thioether (sulfide) groups is 1. The third kappa shape index (κ3) is 5.40. The summed E-state index contributed by atoms with van der Waals surface area (Å²) >= 11 is 16.5. The Bertz CT molecular complexity index is 1060. The second kappa shape index (κ2) is 10.3. The summed E-state index contributed by atoms with van der Waals surface area (Å²) in [6, 6.07) is 8.71. The minimum atomic E-state index is -0.278. The van der Waals surface area contributed by atoms with E-state index in [1.54, 1.807) is 24.3 Å². The van der Waals surface area contributed by atoms with E-state index in [4.69, 9.17) is 32.7 Å². The molecule has 2 aromatic rings. The number of carbonyl (C=O) groups is 2. The van der Waals surface area contributed by atoms with Gasteiger partial charge >= 0.3 is 0 Å². The average Bonchev–Trinajstić information content (AvgIpc) is 3.01. The van der Waals surface area contributed by atoms with Crippen LogP contribution in [0.1, 0.15) is 31.4 Å². The maximum Gasteiger partial charge on any atom is 0.293 e. The zero-order chi connectivity index (χ0) is 22.7. The zero-order valence-electron chi connectivity index (χ0n) is 17.1. The first-order chi connectivity index (χ1) is 14.7. The molecular formula is C22H20BrCl2NO4S. The first kappa shape index (κ1) is 24.0. The van der Waals surface area contributed by atoms with Gasteiger partial charge in [0.1, 0.15) is 6.61 Å². The number of halogens is 3. The van der Waals surface area contributed by atoms with Gasteiger partial charge in [-0.2, -0.15) is 0 Å². The van der Waals surface area contributed by atoms with E-state index in [-0.39, 0.29) is 23.8 Å². The van der Waals surface area contributed by atoms with Crippen molar-refractivity contribution in [2.24, 2.45) is 0 Å². The van der Waals surface area contributed by atoms with Crippen LogP contribution in [0.4, 0.5) is 4.79 Å². The molecule has 0 saturated carbocycles. The Hall–Kier alpha value is -1.67. The first-order valence-electron chi connectivity index (χ1n) is 9.46. The molecule has 0 radical (unpaired) electrons. The molecule has 0 N–H and O–H groups in total. The molecule has 5 nitrogen and oxygen atoms in total. The van der Waals surface area contributed by atoms with Crippen LogP contribution in [-0.2, 0) is 11.4 Å². The molecule has 2 aromatic carbocycles. The van der Waals surface area contributed by atoms with Crippen molar-refractivity contribution in [3.8, 4) is 11.5 Å². The normalized spacial score (nSPS) is 16.2. The summed E-state index contributed by atoms with van der Waals surface area (Å²) in [7, 11) is 1.54. The third-order valence-corrected chi connectivity index (χ3v) is 6.98. The molecule has 9 heteroatoms. The number of hydrogen-bond acceptors (Lipinski definition) is 5. The van der Waals surface area contributed by atoms with Gasteiger partial charge in [0.25, 0.3) is 11.1 Å². The summed E-state index contributed by atoms with van der Waals surface area (Å²) in [5, 5.41) is 0.681. The van der Waals surface area contributed by atoms with Crippen LogP contribution in [0.25, 0.3) is 6.08 Å². The lowest BCUT2D eigenvalue weighted by Crippen LogP contribution is -2.36. The van der Waals surface area contributed by atoms with Gasteiger partial charge in [-0.25, -0.2) is 0 Å². The molecule has 1 aliphatic heterocycles. The highest BCUT2D eigenvalue weighted by atomic mass is 79.9. The number of carbonyl (C=O) groups excluding carboxylic acids is 2. The molecule has 31 heavy (non-hydrogen) atoms. The Kier molecular flexibility index (Phi) is 7.97. The van der Waals surface area contributed by atoms with Crippen molar-refractivity contribution in [3.63, 3.8) is 0 Å². The topological polar surface area (TPSA) is 55.8 Å². The molecule has 2 amide bonds. The van der Waals surface area contributed by atoms with Crippen LogP contribution in [-0.4, -0.2) is 29.2 Å². The van der Waals surface area contributed by atoms with E-state index >= 15 is 0 Å². The fourth-order valence-corrected chi connectivity index (χ4v) is 4.77. The summed E-state index contributed by atoms with van der Waals surface area (Å²) in [6.07, 6.45) is 2.39. The number of amides is 2. The Morgan fingerprint density at radius 2 is 1.94 bits per heavy atom. The van der Waals surface area contributed by atoms with Crippen molar-refractivity contribution in [2.45, 2.75) is 32.9 Å². The van der Waals surface area contributed by atoms with Crippen LogP contribution in [0.15, 0.2) is 39.7 Å². The number of nitrogens with zero attached hydrogens (tertiary/aromatic N) is 1. The van der Waals surface area contributed by atoms with Crippen molar-refractivity contribution < 1.29 is 19.1 Å². The summed E-state index contributed by atoms with van der Waals surface area (Å²) < 4.78 is 12.1. The van der Waals surface area contributed by atoms with Gasteiger partial charge in [0, 0.05) is 6.04 Å². The smallest absolute Gasteiger partial charge is 0.293 e. The van der Waals surface area contributed by atoms with E-state index in [1.165, 1.54) is 12.0 Å². The maximum absolute atomic E-state index is 12.7. The van der Waals surface area contributed by atoms with Crippen LogP contribution >= 0.6 is 50.9 Å². The van der Waals surface area contributed by atoms with Gasteiger partial charge in [-0.1, -0.05) is 36.2 Å². The first-order valence-corrected chi connectivity index (χ1v) is 11.8. The highest BCUT2D eigenvalue weighted by molar-refractivity contribution is 9.10. The van der Waals surface area contributed by atoms with Crippen molar-refractivity contribution in [2.75, 3.05) is 7.11 Å². The fourth-order valence-electron chi connectivity index (χ4n) is 2.94. The van der Waals surface area contributed by atoms with E-state index in [0.717, 1.165) is 17.3 Å². The highest BCUT2D eigenvalue weighted by Gasteiger charge is 2.37. The number of hydrogen-bond donors (Lipinski definition) is 0. The van der Waals surface area contributed by atoms with Crippen molar-refractivity contribution in [1.82, 2.24) is 4.90 Å². The monoisotopic (exact) mass is 543 g/mol. The van der Waals surface area contributed by atoms with Crippen LogP contribution in [0.3, 0.4) is 0 Å². The van der Waals surface area contributed by atoms with Gasteiger partial charge in [-0.05, 0) is 82.5 Å². The molecule has 1 saturated heterocycles. The van der Waals surface area contributed by atoms with Gasteiger partial charge in [0.05, 0.1) is 26.5 Å². The van der Waals surface area contributed by atoms with E-state index in [1.807, 2.05) is 26.0 Å². The van der Waals surface area contributed by atoms with Gasteiger partial charge in [0.15, 0.2) is 11.5 Å². The zero-order valence-corrected chi connectivity index (χ0v) is 21.0. The lowest BCUT2D eigenvalue weighted by atomic mass is 10.1. The molecule has 0 aromatic heterocycles. The van der Waals surface area contributed by atoms with Gasteiger partial charge in [-0.15, -0.1) is 0 Å². The van der Waals surface area contributed by atoms with Crippen LogP contribution < -0.4 is 9.47 Å². The minimum absolute atomic E-state index is 0.142. The molecule has 0 unspecified atom stereocenters. The number of benzene rings is 2. The Labute approximate surface area is 203 Å². The Balaban J connectivity index is 1.84. The van der Waals surface area contributed by atoms with Gasteiger partial charge < -0.3 is 9.47 Å². The third-order valence-electron chi connectivity index (χ3n) is 4.77. The second-order valence-electron chi connectivity index (χ2n) is 6.88. The molecule has 164 valence electrons. The number of rotatable bonds is 7. The Morgan fingerprint density at radius 3 is 2.58 bits per heavy atom. The van der Waals surface area contributed by atoms with Crippen molar-refractivity contribution >= 4 is 68.1 Å². The summed E-state index contributed by atoms with van der Waals surface area (Å²) in [4.78, 5) is 26.6. The molecule has 0 aliphatic carbocycles. The van der Waals surface area contributed by atoms with Crippen LogP contribution in [0, 0.1) is 0 Å². The van der Waals surface area contributed by atoms with E-state index in [2.05, 4.69) is 15.9 Å². The Morgan fingerprint density at radius 1 is 1.19 bits per heavy atom. The van der Waals surface area contributed by atoms with E-state index in [0.29, 0.717) is 42.9 Å². The van der Waals surface area contributed by atoms with Gasteiger partial charge in [0.2, 0.25) is 0 Å². The minimum Gasteiger partial charge on any atom is -0.493 e. The lowest BCUT2D eigenvalue weighted by molar-refractivity contribution is -0.124. The maximum atomic E-state index is 12.7. The molecule has 1 fully saturated rings. The van der Waals surface area contributed by atoms with Crippen molar-refractivity contribution in [1.29, 1.82) is 0 Å². The molecule has 1 heterocycles. The van der Waals surface area contributed by atoms with Crippen LogP contribution in [0.5, 0.6) is 11.5 Å². The van der Waals surface area contributed by atoms with Crippen molar-refractivity contribution in [3.05, 3.63) is 60.9 Å². The number of methoxy groups -OCH3 is 1. The number of ether oxygens (including phenoxy) is 2. The van der Waals surface area contributed by atoms with E-state index < -0.39 is 0 Å². The summed E-state index contributed by atoms with van der Waals surface area (Å²) in [5.41, 5.74) is 1.56. The molecule has 0 bridgehead atoms. The summed E-state index contributed by atoms with van der Waals surface area (Å²) in [5.74, 6) is 0.722. The highest BCUT2D eigenvalue weighted by Crippen LogP contribution is 2.40. The lowest BCUT2D eigenvalue weighted by Gasteiger charge is -2.19. The predicted molar refractivity (Wildman–Crippen MR) is 129 cm³/mol. The molecule has 0 spiro atoms. The van der Waals surface area contributed by atoms with Crippen LogP contribution in [0.2, 0.25) is 10.0 Å². The largest absolute Gasteiger partial charge is 0.493 e. The van der Waals surface area contributed by atoms with Gasteiger partial charge in [-0.3, -0.25) is 14.5 Å². The summed E-state index contributed by atoms with van der Waals surface area (Å²) in [6.45, 7) is 4.06. The van der Waals surface area contributed by atoms with E-state index in [9.17, 15) is 9.59 Å². The SMILES string of the molecule is CC[C@H](C)N1C(=O)S/C(=C/c2cc(Br)c(OCc3ccc(Cl)c(Cl)c3)c(OC)c2)C1=O. The molecule has 3 rings (SSSR count). The molecule has 1 atom stereocenters. The standard InChI is InChI=1S/C22H20BrCl2NO4S/c1-4-12(2)26-21(27)19(31-22(26)28)10-14-7-15(23)20(18(9-14)29-3)30-11-13-5-6-16(24)17(25)8-13/h5-10,12H,4,11H2,1-3H3/b19-10+/t12-/m0/s1. The average molecular weight is 545 g/mol. The molecule has 1 aliphatic rings. The second-order valence-corrected chi connectivity index (χ2v) is 9.54. The quantitative estimate of drug-likeness (QED) is 0.345. The fraction of sp³-hybridized carbons (Fsp3) is 0.273. The predicted octanol–water partition coefficient (Wildman–Crippen LogP) is 7.18.